The predicted octanol–water partition coefficient (Wildman–Crippen LogP) is 5.16. The Morgan fingerprint density at radius 3 is 2.67 bits per heavy atom. The number of fused-ring (bicyclic) bond motifs is 1. The number of nitrogens with one attached hydrogen (secondary N) is 3. The lowest BCUT2D eigenvalue weighted by molar-refractivity contribution is 0.0905. The van der Waals surface area contributed by atoms with Crippen molar-refractivity contribution < 1.29 is 9.59 Å². The number of aromatic amines is 1. The monoisotopic (exact) mass is 467 g/mol. The molecule has 33 heavy (non-hydrogen) atoms. The standard InChI is InChI=1S/C25H33N5O2S/c1-14-8-6-7-9-17(14)30-24(32)20-11-10-19(33-20)18-13-27-22-21(29-18)16(12-26-22)23(31)28-15(2)25(3,4)5/h10-15,17H,6-9H2,1-5H3,(H,26,27)(H,28,31)(H,30,32)/t14?,15-,17?/m0/s1. The van der Waals surface area contributed by atoms with Gasteiger partial charge in [0.25, 0.3) is 11.8 Å². The number of amides is 2. The van der Waals surface area contributed by atoms with Crippen molar-refractivity contribution in [3.63, 3.8) is 0 Å². The Morgan fingerprint density at radius 1 is 1.18 bits per heavy atom. The van der Waals surface area contributed by atoms with E-state index in [2.05, 4.69) is 48.3 Å². The van der Waals surface area contributed by atoms with E-state index in [1.807, 2.05) is 19.1 Å². The molecule has 0 radical (unpaired) electrons. The summed E-state index contributed by atoms with van der Waals surface area (Å²) < 4.78 is 0. The van der Waals surface area contributed by atoms with Gasteiger partial charge in [-0.2, -0.15) is 0 Å². The van der Waals surface area contributed by atoms with Gasteiger partial charge in [-0.3, -0.25) is 9.59 Å². The van der Waals surface area contributed by atoms with Crippen LogP contribution in [0.2, 0.25) is 0 Å². The minimum Gasteiger partial charge on any atom is -0.349 e. The highest BCUT2D eigenvalue weighted by Crippen LogP contribution is 2.29. The molecule has 7 nitrogen and oxygen atoms in total. The number of hydrogen-bond acceptors (Lipinski definition) is 5. The van der Waals surface area contributed by atoms with Crippen LogP contribution in [-0.4, -0.2) is 38.8 Å². The fourth-order valence-corrected chi connectivity index (χ4v) is 4.91. The third-order valence-corrected chi connectivity index (χ3v) is 7.89. The van der Waals surface area contributed by atoms with Gasteiger partial charge < -0.3 is 15.6 Å². The molecule has 3 aromatic heterocycles. The van der Waals surface area contributed by atoms with Gasteiger partial charge in [-0.15, -0.1) is 11.3 Å². The van der Waals surface area contributed by atoms with Gasteiger partial charge in [-0.25, -0.2) is 9.97 Å². The summed E-state index contributed by atoms with van der Waals surface area (Å²) in [6, 6.07) is 3.97. The van der Waals surface area contributed by atoms with Gasteiger partial charge in [-0.05, 0) is 43.2 Å². The smallest absolute Gasteiger partial charge is 0.261 e. The summed E-state index contributed by atoms with van der Waals surface area (Å²) in [5, 5.41) is 6.26. The Bertz CT molecular complexity index is 1160. The molecule has 8 heteroatoms. The lowest BCUT2D eigenvalue weighted by atomic mass is 9.86. The second kappa shape index (κ2) is 9.25. The van der Waals surface area contributed by atoms with Crippen LogP contribution in [0.3, 0.4) is 0 Å². The van der Waals surface area contributed by atoms with Gasteiger partial charge >= 0.3 is 0 Å². The Labute approximate surface area is 198 Å². The maximum atomic E-state index is 12.9. The summed E-state index contributed by atoms with van der Waals surface area (Å²) in [4.78, 5) is 39.4. The molecule has 1 fully saturated rings. The van der Waals surface area contributed by atoms with Crippen molar-refractivity contribution in [3.05, 3.63) is 35.0 Å². The van der Waals surface area contributed by atoms with Crippen LogP contribution in [0.5, 0.6) is 0 Å². The van der Waals surface area contributed by atoms with Gasteiger partial charge in [0.2, 0.25) is 0 Å². The van der Waals surface area contributed by atoms with Crippen molar-refractivity contribution in [3.8, 4) is 10.6 Å². The number of aromatic nitrogens is 3. The summed E-state index contributed by atoms with van der Waals surface area (Å²) in [5.41, 5.74) is 2.16. The van der Waals surface area contributed by atoms with E-state index >= 15 is 0 Å². The van der Waals surface area contributed by atoms with E-state index in [1.54, 1.807) is 12.4 Å². The molecule has 176 valence electrons. The van der Waals surface area contributed by atoms with Gasteiger partial charge in [0.05, 0.1) is 27.2 Å². The molecule has 3 heterocycles. The van der Waals surface area contributed by atoms with Crippen LogP contribution in [0.1, 0.15) is 80.3 Å². The van der Waals surface area contributed by atoms with Crippen molar-refractivity contribution in [2.75, 3.05) is 0 Å². The van der Waals surface area contributed by atoms with Gasteiger partial charge in [0, 0.05) is 18.3 Å². The summed E-state index contributed by atoms with van der Waals surface area (Å²) >= 11 is 1.40. The quantitative estimate of drug-likeness (QED) is 0.482. The lowest BCUT2D eigenvalue weighted by Crippen LogP contribution is -2.41. The summed E-state index contributed by atoms with van der Waals surface area (Å²) in [6.07, 6.45) is 7.94. The van der Waals surface area contributed by atoms with E-state index in [0.29, 0.717) is 33.2 Å². The minimum absolute atomic E-state index is 0.00339. The van der Waals surface area contributed by atoms with Gasteiger partial charge in [-0.1, -0.05) is 40.5 Å². The van der Waals surface area contributed by atoms with Crippen LogP contribution >= 0.6 is 11.3 Å². The van der Waals surface area contributed by atoms with Crippen LogP contribution in [-0.2, 0) is 0 Å². The van der Waals surface area contributed by atoms with Crippen molar-refractivity contribution in [2.24, 2.45) is 11.3 Å². The first-order valence-corrected chi connectivity index (χ1v) is 12.5. The first-order chi connectivity index (χ1) is 15.6. The maximum Gasteiger partial charge on any atom is 0.261 e. The summed E-state index contributed by atoms with van der Waals surface area (Å²) in [7, 11) is 0. The van der Waals surface area contributed by atoms with E-state index in [4.69, 9.17) is 4.98 Å². The Kier molecular flexibility index (Phi) is 6.56. The summed E-state index contributed by atoms with van der Waals surface area (Å²) in [6.45, 7) is 10.5. The molecule has 1 aliphatic rings. The number of nitrogens with zero attached hydrogens (tertiary/aromatic N) is 2. The molecule has 0 spiro atoms. The van der Waals surface area contributed by atoms with Crippen molar-refractivity contribution in [1.82, 2.24) is 25.6 Å². The minimum atomic E-state index is -0.178. The molecule has 3 aromatic rings. The largest absolute Gasteiger partial charge is 0.349 e. The average Bonchev–Trinajstić information content (AvgIpc) is 3.41. The molecule has 3 atom stereocenters. The van der Waals surface area contributed by atoms with Crippen LogP contribution in [0.4, 0.5) is 0 Å². The zero-order chi connectivity index (χ0) is 23.8. The van der Waals surface area contributed by atoms with Gasteiger partial charge in [0.15, 0.2) is 5.65 Å². The Hall–Kier alpha value is -2.74. The molecular weight excluding hydrogens is 434 g/mol. The van der Waals surface area contributed by atoms with Crippen molar-refractivity contribution in [2.45, 2.75) is 72.4 Å². The normalized spacial score (nSPS) is 19.9. The van der Waals surface area contributed by atoms with Crippen molar-refractivity contribution >= 4 is 34.3 Å². The topological polar surface area (TPSA) is 99.8 Å². The number of carbonyl (C=O) groups is 2. The number of hydrogen-bond donors (Lipinski definition) is 3. The van der Waals surface area contributed by atoms with Crippen LogP contribution < -0.4 is 10.6 Å². The molecule has 0 saturated heterocycles. The highest BCUT2D eigenvalue weighted by atomic mass is 32.1. The molecule has 1 aliphatic carbocycles. The second-order valence-electron chi connectivity index (χ2n) is 10.2. The zero-order valence-electron chi connectivity index (χ0n) is 20.0. The number of rotatable bonds is 5. The third-order valence-electron chi connectivity index (χ3n) is 6.78. The molecule has 1 saturated carbocycles. The molecular formula is C25H33N5O2S. The predicted molar refractivity (Wildman–Crippen MR) is 132 cm³/mol. The van der Waals surface area contributed by atoms with Crippen LogP contribution in [0.15, 0.2) is 24.5 Å². The fourth-order valence-electron chi connectivity index (χ4n) is 4.04. The summed E-state index contributed by atoms with van der Waals surface area (Å²) in [5.74, 6) is 0.300. The maximum absolute atomic E-state index is 12.9. The SMILES string of the molecule is CC1CCCCC1NC(=O)c1ccc(-c2cnc3[nH]cc(C(=O)N[C@@H](C)C(C)(C)C)c3n2)s1. The first kappa shape index (κ1) is 23.4. The van der Waals surface area contributed by atoms with E-state index in [9.17, 15) is 9.59 Å². The van der Waals surface area contributed by atoms with Gasteiger partial charge in [0.1, 0.15) is 5.52 Å². The molecule has 0 aromatic carbocycles. The Morgan fingerprint density at radius 2 is 1.94 bits per heavy atom. The Balaban J connectivity index is 1.53. The molecule has 0 bridgehead atoms. The van der Waals surface area contributed by atoms with Crippen molar-refractivity contribution in [1.29, 1.82) is 0 Å². The van der Waals surface area contributed by atoms with E-state index in [-0.39, 0.29) is 29.3 Å². The van der Waals surface area contributed by atoms with E-state index in [1.165, 1.54) is 24.2 Å². The number of H-pyrrole nitrogens is 1. The van der Waals surface area contributed by atoms with E-state index in [0.717, 1.165) is 17.7 Å². The van der Waals surface area contributed by atoms with E-state index < -0.39 is 0 Å². The number of thiophene rings is 1. The third kappa shape index (κ3) is 5.11. The lowest BCUT2D eigenvalue weighted by Gasteiger charge is -2.29. The average molecular weight is 468 g/mol. The number of carbonyl (C=O) groups excluding carboxylic acids is 2. The second-order valence-corrected chi connectivity index (χ2v) is 11.3. The van der Waals surface area contributed by atoms with Crippen LogP contribution in [0.25, 0.3) is 21.7 Å². The highest BCUT2D eigenvalue weighted by Gasteiger charge is 2.25. The fraction of sp³-hybridized carbons (Fsp3) is 0.520. The molecule has 2 unspecified atom stereocenters. The molecule has 2 amide bonds. The molecule has 0 aliphatic heterocycles. The first-order valence-electron chi connectivity index (χ1n) is 11.7. The molecule has 3 N–H and O–H groups in total. The highest BCUT2D eigenvalue weighted by molar-refractivity contribution is 7.17. The van der Waals surface area contributed by atoms with Crippen LogP contribution in [0, 0.1) is 11.3 Å². The zero-order valence-corrected chi connectivity index (χ0v) is 20.8. The molecule has 4 rings (SSSR count).